The van der Waals surface area contributed by atoms with Crippen molar-refractivity contribution in [3.8, 4) is 0 Å². The van der Waals surface area contributed by atoms with Crippen LogP contribution < -0.4 is 5.32 Å². The van der Waals surface area contributed by atoms with E-state index in [0.29, 0.717) is 17.9 Å². The summed E-state index contributed by atoms with van der Waals surface area (Å²) >= 11 is 6.19. The first kappa shape index (κ1) is 16.6. The summed E-state index contributed by atoms with van der Waals surface area (Å²) in [5.41, 5.74) is 0.869. The highest BCUT2D eigenvalue weighted by molar-refractivity contribution is 6.31. The van der Waals surface area contributed by atoms with Crippen molar-refractivity contribution in [1.82, 2.24) is 15.1 Å². The van der Waals surface area contributed by atoms with Crippen molar-refractivity contribution < 1.29 is 13.2 Å². The Morgan fingerprint density at radius 1 is 1.38 bits per heavy atom. The lowest BCUT2D eigenvalue weighted by molar-refractivity contribution is -0.184. The Hall–Kier alpha value is -0.750. The first-order valence-electron chi connectivity index (χ1n) is 7.32. The Morgan fingerprint density at radius 3 is 2.43 bits per heavy atom. The number of hydrogen-bond donors (Lipinski definition) is 1. The summed E-state index contributed by atoms with van der Waals surface area (Å²) in [5, 5.41) is 8.07. The lowest BCUT2D eigenvalue weighted by Gasteiger charge is -2.35. The van der Waals surface area contributed by atoms with E-state index in [-0.39, 0.29) is 24.8 Å². The van der Waals surface area contributed by atoms with Crippen molar-refractivity contribution >= 4 is 11.6 Å². The third kappa shape index (κ3) is 3.72. The predicted molar refractivity (Wildman–Crippen MR) is 76.1 cm³/mol. The molecule has 120 valence electrons. The normalized spacial score (nSPS) is 25.0. The summed E-state index contributed by atoms with van der Waals surface area (Å²) in [4.78, 5) is 0. The molecule has 0 aliphatic heterocycles. The minimum Gasteiger partial charge on any atom is -0.309 e. The van der Waals surface area contributed by atoms with Crippen molar-refractivity contribution in [2.24, 2.45) is 18.9 Å². The van der Waals surface area contributed by atoms with Gasteiger partial charge in [-0.05, 0) is 38.1 Å². The van der Waals surface area contributed by atoms with Gasteiger partial charge in [0.1, 0.15) is 0 Å². The van der Waals surface area contributed by atoms with Crippen LogP contribution in [-0.4, -0.2) is 22.5 Å². The van der Waals surface area contributed by atoms with E-state index in [1.165, 1.54) is 0 Å². The fraction of sp³-hybridized carbons (Fsp3) is 0.786. The first-order valence-corrected chi connectivity index (χ1v) is 7.69. The zero-order valence-corrected chi connectivity index (χ0v) is 13.0. The average molecular weight is 324 g/mol. The number of nitrogens with zero attached hydrogens (tertiary/aromatic N) is 2. The summed E-state index contributed by atoms with van der Waals surface area (Å²) in [5.74, 6) is -0.991. The SMILES string of the molecule is CCNC(c1c(Cl)cnn1C)C1CCC(C(F)(F)F)CC1. The molecule has 0 bridgehead atoms. The molecule has 21 heavy (non-hydrogen) atoms. The van der Waals surface area contributed by atoms with E-state index in [1.807, 2.05) is 14.0 Å². The van der Waals surface area contributed by atoms with Gasteiger partial charge < -0.3 is 5.32 Å². The fourth-order valence-electron chi connectivity index (χ4n) is 3.26. The number of halogens is 4. The van der Waals surface area contributed by atoms with Gasteiger partial charge in [0.05, 0.1) is 28.9 Å². The van der Waals surface area contributed by atoms with Crippen LogP contribution >= 0.6 is 11.6 Å². The largest absolute Gasteiger partial charge is 0.391 e. The van der Waals surface area contributed by atoms with Gasteiger partial charge in [0, 0.05) is 7.05 Å². The Bertz CT molecular complexity index is 445. The highest BCUT2D eigenvalue weighted by atomic mass is 35.5. The summed E-state index contributed by atoms with van der Waals surface area (Å²) in [6.45, 7) is 2.73. The third-order valence-electron chi connectivity index (χ3n) is 4.36. The van der Waals surface area contributed by atoms with Crippen molar-refractivity contribution in [2.45, 2.75) is 44.8 Å². The van der Waals surface area contributed by atoms with Gasteiger partial charge in [-0.3, -0.25) is 4.68 Å². The summed E-state index contributed by atoms with van der Waals surface area (Å²) in [6.07, 6.45) is -0.963. The van der Waals surface area contributed by atoms with Crippen molar-refractivity contribution in [2.75, 3.05) is 6.54 Å². The summed E-state index contributed by atoms with van der Waals surface area (Å²) in [6, 6.07) is -0.0378. The molecule has 1 aliphatic carbocycles. The van der Waals surface area contributed by atoms with E-state index >= 15 is 0 Å². The lowest BCUT2D eigenvalue weighted by Crippen LogP contribution is -2.35. The molecule has 0 radical (unpaired) electrons. The second-order valence-electron chi connectivity index (χ2n) is 5.69. The van der Waals surface area contributed by atoms with Crippen LogP contribution in [0.15, 0.2) is 6.20 Å². The van der Waals surface area contributed by atoms with Gasteiger partial charge in [-0.15, -0.1) is 0 Å². The molecule has 1 heterocycles. The van der Waals surface area contributed by atoms with E-state index in [0.717, 1.165) is 12.2 Å². The number of hydrogen-bond acceptors (Lipinski definition) is 2. The molecule has 1 unspecified atom stereocenters. The highest BCUT2D eigenvalue weighted by Crippen LogP contribution is 2.43. The number of aromatic nitrogens is 2. The van der Waals surface area contributed by atoms with Crippen molar-refractivity contribution in [1.29, 1.82) is 0 Å². The van der Waals surface area contributed by atoms with Gasteiger partial charge in [0.15, 0.2) is 0 Å². The van der Waals surface area contributed by atoms with Crippen LogP contribution in [0.5, 0.6) is 0 Å². The molecule has 0 aromatic carbocycles. The maximum absolute atomic E-state index is 12.8. The molecule has 0 amide bonds. The minimum atomic E-state index is -4.07. The predicted octanol–water partition coefficient (Wildman–Crippen LogP) is 4.09. The molecule has 1 saturated carbocycles. The molecular formula is C14H21ClF3N3. The van der Waals surface area contributed by atoms with Gasteiger partial charge in [-0.25, -0.2) is 0 Å². The van der Waals surface area contributed by atoms with Crippen LogP contribution in [0.25, 0.3) is 0 Å². The molecule has 1 aromatic rings. The zero-order chi connectivity index (χ0) is 15.6. The smallest absolute Gasteiger partial charge is 0.309 e. The number of nitrogens with one attached hydrogen (secondary N) is 1. The molecule has 1 aliphatic rings. The monoisotopic (exact) mass is 323 g/mol. The quantitative estimate of drug-likeness (QED) is 0.904. The van der Waals surface area contributed by atoms with E-state index in [9.17, 15) is 13.2 Å². The Balaban J connectivity index is 2.11. The van der Waals surface area contributed by atoms with Crippen molar-refractivity contribution in [3.63, 3.8) is 0 Å². The maximum Gasteiger partial charge on any atom is 0.391 e. The number of aryl methyl sites for hydroxylation is 1. The fourth-order valence-corrected chi connectivity index (χ4v) is 3.54. The molecule has 1 fully saturated rings. The van der Waals surface area contributed by atoms with Gasteiger partial charge in [-0.1, -0.05) is 18.5 Å². The van der Waals surface area contributed by atoms with Crippen LogP contribution in [-0.2, 0) is 7.05 Å². The average Bonchev–Trinajstić information content (AvgIpc) is 2.75. The second kappa shape index (κ2) is 6.57. The first-order chi connectivity index (χ1) is 9.84. The molecule has 0 saturated heterocycles. The van der Waals surface area contributed by atoms with Crippen LogP contribution in [0.2, 0.25) is 5.02 Å². The Kier molecular flexibility index (Phi) is 5.20. The molecule has 1 atom stereocenters. The number of alkyl halides is 3. The van der Waals surface area contributed by atoms with Crippen LogP contribution in [0.1, 0.15) is 44.3 Å². The van der Waals surface area contributed by atoms with Gasteiger partial charge in [0.2, 0.25) is 0 Å². The number of rotatable bonds is 4. The Labute approximate surface area is 127 Å². The molecule has 7 heteroatoms. The highest BCUT2D eigenvalue weighted by Gasteiger charge is 2.43. The van der Waals surface area contributed by atoms with Gasteiger partial charge in [-0.2, -0.15) is 18.3 Å². The van der Waals surface area contributed by atoms with Crippen LogP contribution in [0, 0.1) is 11.8 Å². The molecule has 1 N–H and O–H groups in total. The van der Waals surface area contributed by atoms with E-state index in [1.54, 1.807) is 10.9 Å². The lowest BCUT2D eigenvalue weighted by atomic mass is 9.77. The topological polar surface area (TPSA) is 29.9 Å². The van der Waals surface area contributed by atoms with E-state index < -0.39 is 12.1 Å². The maximum atomic E-state index is 12.8. The molecule has 2 rings (SSSR count). The van der Waals surface area contributed by atoms with Gasteiger partial charge in [0.25, 0.3) is 0 Å². The van der Waals surface area contributed by atoms with Gasteiger partial charge >= 0.3 is 6.18 Å². The standard InChI is InChI=1S/C14H21ClF3N3/c1-3-19-12(13-11(15)8-20-21(13)2)9-4-6-10(7-5-9)14(16,17)18/h8-10,12,19H,3-7H2,1-2H3. The molecule has 0 spiro atoms. The summed E-state index contributed by atoms with van der Waals surface area (Å²) in [7, 11) is 1.81. The Morgan fingerprint density at radius 2 is 2.00 bits per heavy atom. The summed E-state index contributed by atoms with van der Waals surface area (Å²) < 4.78 is 40.0. The zero-order valence-electron chi connectivity index (χ0n) is 12.3. The van der Waals surface area contributed by atoms with E-state index in [4.69, 9.17) is 11.6 Å². The molecule has 3 nitrogen and oxygen atoms in total. The second-order valence-corrected chi connectivity index (χ2v) is 6.10. The van der Waals surface area contributed by atoms with Crippen LogP contribution in [0.3, 0.4) is 0 Å². The van der Waals surface area contributed by atoms with Crippen molar-refractivity contribution in [3.05, 3.63) is 16.9 Å². The van der Waals surface area contributed by atoms with E-state index in [2.05, 4.69) is 10.4 Å². The molecule has 1 aromatic heterocycles. The molecular weight excluding hydrogens is 303 g/mol. The third-order valence-corrected chi connectivity index (χ3v) is 4.65. The van der Waals surface area contributed by atoms with Crippen LogP contribution in [0.4, 0.5) is 13.2 Å². The minimum absolute atomic E-state index is 0.0378.